The Morgan fingerprint density at radius 3 is 2.60 bits per heavy atom. The van der Waals surface area contributed by atoms with Crippen LogP contribution in [0, 0.1) is 5.92 Å². The number of nitrogens with two attached hydrogens (primary N) is 2. The van der Waals surface area contributed by atoms with Crippen molar-refractivity contribution in [2.45, 2.75) is 39.0 Å². The highest BCUT2D eigenvalue weighted by Crippen LogP contribution is 2.31. The quantitative estimate of drug-likeness (QED) is 0.843. The maximum atomic E-state index is 11.0. The Hall–Kier alpha value is -1.72. The summed E-state index contributed by atoms with van der Waals surface area (Å²) in [4.78, 5) is 13.3. The number of piperidine rings is 1. The maximum absolute atomic E-state index is 11.0. The lowest BCUT2D eigenvalue weighted by atomic mass is 9.93. The minimum atomic E-state index is -0.200. The summed E-state index contributed by atoms with van der Waals surface area (Å²) in [6.45, 7) is 3.95. The summed E-state index contributed by atoms with van der Waals surface area (Å²) in [5, 5.41) is 4.52. The second-order valence-electron chi connectivity index (χ2n) is 5.66. The second kappa shape index (κ2) is 6.15. The third-order valence-electron chi connectivity index (χ3n) is 4.02. The summed E-state index contributed by atoms with van der Waals surface area (Å²) < 4.78 is 1.88. The maximum Gasteiger partial charge on any atom is 0.217 e. The predicted molar refractivity (Wildman–Crippen MR) is 80.4 cm³/mol. The highest BCUT2D eigenvalue weighted by atomic mass is 16.1. The normalized spacial score (nSPS) is 16.6. The number of amides is 1. The molecule has 6 nitrogen and oxygen atoms in total. The van der Waals surface area contributed by atoms with Gasteiger partial charge in [-0.2, -0.15) is 5.10 Å². The molecule has 2 rings (SSSR count). The first-order chi connectivity index (χ1) is 9.52. The van der Waals surface area contributed by atoms with E-state index in [9.17, 15) is 4.79 Å². The number of hydrogen-bond acceptors (Lipinski definition) is 4. The monoisotopic (exact) mass is 279 g/mol. The van der Waals surface area contributed by atoms with Gasteiger partial charge in [0.25, 0.3) is 0 Å². The van der Waals surface area contributed by atoms with E-state index in [0.29, 0.717) is 12.3 Å². The van der Waals surface area contributed by atoms with Crippen molar-refractivity contribution in [2.75, 3.05) is 23.7 Å². The van der Waals surface area contributed by atoms with Crippen LogP contribution in [-0.2, 0) is 18.3 Å². The smallest absolute Gasteiger partial charge is 0.217 e. The predicted octanol–water partition coefficient (Wildman–Crippen LogP) is 1.05. The van der Waals surface area contributed by atoms with Crippen LogP contribution in [0.3, 0.4) is 0 Å². The molecule has 0 aromatic carbocycles. The van der Waals surface area contributed by atoms with Crippen LogP contribution < -0.4 is 16.4 Å². The Labute approximate surface area is 120 Å². The zero-order valence-electron chi connectivity index (χ0n) is 12.4. The average Bonchev–Trinajstić information content (AvgIpc) is 2.66. The fraction of sp³-hybridized carbons (Fsp3) is 0.714. The Bertz CT molecular complexity index is 474. The molecule has 0 spiro atoms. The van der Waals surface area contributed by atoms with Gasteiger partial charge >= 0.3 is 0 Å². The van der Waals surface area contributed by atoms with E-state index < -0.39 is 0 Å². The van der Waals surface area contributed by atoms with E-state index in [0.717, 1.165) is 56.0 Å². The van der Waals surface area contributed by atoms with Crippen molar-refractivity contribution in [2.24, 2.45) is 18.7 Å². The summed E-state index contributed by atoms with van der Waals surface area (Å²) in [5.41, 5.74) is 13.3. The first-order valence-corrected chi connectivity index (χ1v) is 7.37. The Kier molecular flexibility index (Phi) is 4.52. The number of carbonyl (C=O) groups is 1. The summed E-state index contributed by atoms with van der Waals surface area (Å²) in [7, 11) is 1.94. The van der Waals surface area contributed by atoms with Gasteiger partial charge in [0, 0.05) is 26.6 Å². The third-order valence-corrected chi connectivity index (χ3v) is 4.02. The average molecular weight is 279 g/mol. The topological polar surface area (TPSA) is 90.2 Å². The number of hydrogen-bond donors (Lipinski definition) is 2. The van der Waals surface area contributed by atoms with E-state index in [1.165, 1.54) is 0 Å². The van der Waals surface area contributed by atoms with Crippen LogP contribution in [0.15, 0.2) is 0 Å². The first-order valence-electron chi connectivity index (χ1n) is 7.37. The van der Waals surface area contributed by atoms with E-state index in [1.807, 2.05) is 11.7 Å². The zero-order chi connectivity index (χ0) is 14.7. The van der Waals surface area contributed by atoms with Crippen molar-refractivity contribution >= 4 is 17.4 Å². The molecule has 6 heteroatoms. The number of aromatic nitrogens is 2. The van der Waals surface area contributed by atoms with Crippen molar-refractivity contribution < 1.29 is 4.79 Å². The molecule has 1 aromatic heterocycles. The molecular weight excluding hydrogens is 254 g/mol. The van der Waals surface area contributed by atoms with E-state index in [1.54, 1.807) is 0 Å². The number of rotatable bonds is 5. The van der Waals surface area contributed by atoms with Crippen molar-refractivity contribution in [3.8, 4) is 0 Å². The van der Waals surface area contributed by atoms with Crippen LogP contribution in [0.5, 0.6) is 0 Å². The largest absolute Gasteiger partial charge is 0.394 e. The molecule has 1 aromatic rings. The molecule has 0 radical (unpaired) electrons. The van der Waals surface area contributed by atoms with Gasteiger partial charge in [-0.05, 0) is 25.2 Å². The fourth-order valence-electron chi connectivity index (χ4n) is 3.02. The van der Waals surface area contributed by atoms with Crippen LogP contribution in [0.4, 0.5) is 11.5 Å². The molecule has 1 saturated heterocycles. The Morgan fingerprint density at radius 2 is 2.05 bits per heavy atom. The van der Waals surface area contributed by atoms with Crippen molar-refractivity contribution in [3.63, 3.8) is 0 Å². The number of carbonyl (C=O) groups excluding carboxylic acids is 1. The summed E-state index contributed by atoms with van der Waals surface area (Å²) in [6, 6.07) is 0. The molecule has 0 bridgehead atoms. The molecule has 0 unspecified atom stereocenters. The molecule has 1 aliphatic heterocycles. The lowest BCUT2D eigenvalue weighted by Gasteiger charge is -2.33. The van der Waals surface area contributed by atoms with Gasteiger partial charge in [-0.1, -0.05) is 13.3 Å². The molecule has 112 valence electrons. The molecular formula is C14H25N5O. The highest BCUT2D eigenvalue weighted by molar-refractivity contribution is 5.74. The van der Waals surface area contributed by atoms with Crippen LogP contribution in [-0.4, -0.2) is 28.8 Å². The van der Waals surface area contributed by atoms with Crippen LogP contribution in [0.1, 0.15) is 38.3 Å². The van der Waals surface area contributed by atoms with Gasteiger partial charge in [-0.3, -0.25) is 9.48 Å². The number of nitrogen functional groups attached to an aromatic ring is 1. The minimum Gasteiger partial charge on any atom is -0.394 e. The number of anilines is 2. The molecule has 2 heterocycles. The Morgan fingerprint density at radius 1 is 1.40 bits per heavy atom. The van der Waals surface area contributed by atoms with Gasteiger partial charge in [0.2, 0.25) is 5.91 Å². The molecule has 20 heavy (non-hydrogen) atoms. The van der Waals surface area contributed by atoms with Gasteiger partial charge in [-0.15, -0.1) is 0 Å². The van der Waals surface area contributed by atoms with Gasteiger partial charge in [-0.25, -0.2) is 0 Å². The Balaban J connectivity index is 2.05. The van der Waals surface area contributed by atoms with Crippen molar-refractivity contribution in [1.29, 1.82) is 0 Å². The SMILES string of the molecule is CCCc1nn(C)c(N2CCC(CC(N)=O)CC2)c1N. The molecule has 0 saturated carbocycles. The van der Waals surface area contributed by atoms with Crippen LogP contribution in [0.2, 0.25) is 0 Å². The van der Waals surface area contributed by atoms with Gasteiger partial charge in [0.1, 0.15) is 5.82 Å². The summed E-state index contributed by atoms with van der Waals surface area (Å²) in [5.74, 6) is 1.23. The standard InChI is InChI=1S/C14H25N5O/c1-3-4-11-13(16)14(18(2)17-11)19-7-5-10(6-8-19)9-12(15)20/h10H,3-9,16H2,1-2H3,(H2,15,20). The lowest BCUT2D eigenvalue weighted by molar-refractivity contribution is -0.119. The van der Waals surface area contributed by atoms with Crippen LogP contribution >= 0.6 is 0 Å². The first kappa shape index (κ1) is 14.7. The molecule has 1 aliphatic rings. The third kappa shape index (κ3) is 3.05. The van der Waals surface area contributed by atoms with E-state index in [-0.39, 0.29) is 5.91 Å². The van der Waals surface area contributed by atoms with E-state index >= 15 is 0 Å². The van der Waals surface area contributed by atoms with E-state index in [4.69, 9.17) is 11.5 Å². The number of primary amides is 1. The van der Waals surface area contributed by atoms with Gasteiger partial charge in [0.15, 0.2) is 0 Å². The summed E-state index contributed by atoms with van der Waals surface area (Å²) >= 11 is 0. The molecule has 1 amide bonds. The van der Waals surface area contributed by atoms with Gasteiger partial charge < -0.3 is 16.4 Å². The highest BCUT2D eigenvalue weighted by Gasteiger charge is 2.25. The molecule has 0 atom stereocenters. The summed E-state index contributed by atoms with van der Waals surface area (Å²) in [6.07, 6.45) is 4.42. The van der Waals surface area contributed by atoms with Crippen molar-refractivity contribution in [1.82, 2.24) is 9.78 Å². The molecule has 4 N–H and O–H groups in total. The fourth-order valence-corrected chi connectivity index (χ4v) is 3.02. The number of aryl methyl sites for hydroxylation is 2. The van der Waals surface area contributed by atoms with Crippen molar-refractivity contribution in [3.05, 3.63) is 5.69 Å². The van der Waals surface area contributed by atoms with E-state index in [2.05, 4.69) is 16.9 Å². The zero-order valence-corrected chi connectivity index (χ0v) is 12.4. The lowest BCUT2D eigenvalue weighted by Crippen LogP contribution is -2.36. The number of nitrogens with zero attached hydrogens (tertiary/aromatic N) is 3. The minimum absolute atomic E-state index is 0.200. The molecule has 1 fully saturated rings. The second-order valence-corrected chi connectivity index (χ2v) is 5.66. The van der Waals surface area contributed by atoms with Crippen LogP contribution in [0.25, 0.3) is 0 Å². The molecule has 0 aliphatic carbocycles. The van der Waals surface area contributed by atoms with Gasteiger partial charge in [0.05, 0.1) is 11.4 Å².